The van der Waals surface area contributed by atoms with E-state index in [-0.39, 0.29) is 12.3 Å². The van der Waals surface area contributed by atoms with Crippen molar-refractivity contribution in [1.82, 2.24) is 9.88 Å². The van der Waals surface area contributed by atoms with Crippen molar-refractivity contribution in [2.45, 2.75) is 51.0 Å². The SMILES string of the molecule is COc1cc2ncc1[C@@H](CC(=O)O)c1ccc3c(c1)CN(CC3)C(=O)c1ccc(cc1)CCCCCO2. The first-order valence-corrected chi connectivity index (χ1v) is 12.9. The predicted octanol–water partition coefficient (Wildman–Crippen LogP) is 5.00. The molecule has 0 aliphatic carbocycles. The second-order valence-electron chi connectivity index (χ2n) is 9.78. The van der Waals surface area contributed by atoms with Gasteiger partial charge in [0.05, 0.1) is 20.1 Å². The number of carbonyl (C=O) groups excluding carboxylic acids is 1. The van der Waals surface area contributed by atoms with Crippen LogP contribution in [0.2, 0.25) is 0 Å². The van der Waals surface area contributed by atoms with Crippen molar-refractivity contribution in [3.05, 3.63) is 88.1 Å². The lowest BCUT2D eigenvalue weighted by Gasteiger charge is -2.30. The van der Waals surface area contributed by atoms with Crippen molar-refractivity contribution in [3.8, 4) is 11.6 Å². The summed E-state index contributed by atoms with van der Waals surface area (Å²) in [6, 6.07) is 15.8. The second kappa shape index (κ2) is 11.0. The quantitative estimate of drug-likeness (QED) is 0.544. The summed E-state index contributed by atoms with van der Waals surface area (Å²) < 4.78 is 11.5. The van der Waals surface area contributed by atoms with E-state index >= 15 is 0 Å². The monoisotopic (exact) mass is 500 g/mol. The average molecular weight is 501 g/mol. The third-order valence-electron chi connectivity index (χ3n) is 7.34. The van der Waals surface area contributed by atoms with Gasteiger partial charge < -0.3 is 19.5 Å². The fourth-order valence-electron chi connectivity index (χ4n) is 5.28. The summed E-state index contributed by atoms with van der Waals surface area (Å²) in [6.07, 6.45) is 6.23. The normalized spacial score (nSPS) is 17.8. The van der Waals surface area contributed by atoms with Gasteiger partial charge in [-0.2, -0.15) is 0 Å². The van der Waals surface area contributed by atoms with Gasteiger partial charge in [-0.1, -0.05) is 30.3 Å². The molecule has 2 aromatic carbocycles. The molecular formula is C30H32N2O5. The van der Waals surface area contributed by atoms with Gasteiger partial charge in [0.25, 0.3) is 5.91 Å². The Morgan fingerprint density at radius 3 is 2.70 bits per heavy atom. The number of hydrogen-bond acceptors (Lipinski definition) is 5. The van der Waals surface area contributed by atoms with Gasteiger partial charge in [0, 0.05) is 42.4 Å². The molecule has 1 amide bonds. The Labute approximate surface area is 217 Å². The van der Waals surface area contributed by atoms with Gasteiger partial charge in [-0.3, -0.25) is 9.59 Å². The predicted molar refractivity (Wildman–Crippen MR) is 139 cm³/mol. The molecule has 0 saturated carbocycles. The van der Waals surface area contributed by atoms with E-state index in [0.717, 1.165) is 43.2 Å². The molecule has 0 saturated heterocycles. The highest BCUT2D eigenvalue weighted by atomic mass is 16.5. The van der Waals surface area contributed by atoms with Crippen LogP contribution in [-0.2, 0) is 24.2 Å². The van der Waals surface area contributed by atoms with Crippen LogP contribution >= 0.6 is 0 Å². The van der Waals surface area contributed by atoms with Crippen LogP contribution in [0.25, 0.3) is 0 Å². The van der Waals surface area contributed by atoms with Gasteiger partial charge in [-0.05, 0) is 66.5 Å². The summed E-state index contributed by atoms with van der Waals surface area (Å²) in [5, 5.41) is 9.74. The number of benzene rings is 2. The Morgan fingerprint density at radius 1 is 1.08 bits per heavy atom. The Hall–Kier alpha value is -3.87. The first kappa shape index (κ1) is 24.8. The number of carboxylic acid groups (broad SMARTS) is 1. The number of aliphatic carboxylic acids is 1. The Kier molecular flexibility index (Phi) is 7.40. The lowest BCUT2D eigenvalue weighted by molar-refractivity contribution is -0.137. The zero-order chi connectivity index (χ0) is 25.8. The molecular weight excluding hydrogens is 468 g/mol. The van der Waals surface area contributed by atoms with Crippen LogP contribution in [0.15, 0.2) is 54.7 Å². The molecule has 0 spiro atoms. The van der Waals surface area contributed by atoms with E-state index in [0.29, 0.717) is 42.5 Å². The number of carboxylic acids is 1. The van der Waals surface area contributed by atoms with Crippen LogP contribution in [0.3, 0.4) is 0 Å². The lowest BCUT2D eigenvalue weighted by Crippen LogP contribution is -2.36. The fraction of sp³-hybridized carbons (Fsp3) is 0.367. The van der Waals surface area contributed by atoms with Gasteiger partial charge in [0.1, 0.15) is 5.75 Å². The highest BCUT2D eigenvalue weighted by Crippen LogP contribution is 2.37. The summed E-state index contributed by atoms with van der Waals surface area (Å²) >= 11 is 0. The third-order valence-corrected chi connectivity index (χ3v) is 7.34. The summed E-state index contributed by atoms with van der Waals surface area (Å²) in [5.74, 6) is -0.314. The summed E-state index contributed by atoms with van der Waals surface area (Å²) in [4.78, 5) is 31.5. The standard InChI is InChI=1S/C30H32N2O5/c1-36-27-17-28-31-18-26(27)25(16-29(33)34)23-11-10-21-12-13-32(19-24(21)15-23)30(35)22-8-6-20(7-9-22)5-3-2-4-14-37-28/h6-11,15,17-18,25H,2-5,12-14,16,19H2,1H3,(H,33,34)/t25-/m0/s1. The van der Waals surface area contributed by atoms with E-state index in [2.05, 4.69) is 23.2 Å². The third kappa shape index (κ3) is 5.61. The van der Waals surface area contributed by atoms with E-state index in [1.807, 2.05) is 29.2 Å². The number of aryl methyl sites for hydroxylation is 1. The Balaban J connectivity index is 1.53. The summed E-state index contributed by atoms with van der Waals surface area (Å²) in [6.45, 7) is 1.69. The minimum Gasteiger partial charge on any atom is -0.496 e. The largest absolute Gasteiger partial charge is 0.496 e. The van der Waals surface area contributed by atoms with Crippen LogP contribution in [0.5, 0.6) is 11.6 Å². The topological polar surface area (TPSA) is 89.0 Å². The average Bonchev–Trinajstić information content (AvgIpc) is 2.92. The van der Waals surface area contributed by atoms with E-state index in [1.54, 1.807) is 19.4 Å². The van der Waals surface area contributed by atoms with Crippen molar-refractivity contribution < 1.29 is 24.2 Å². The van der Waals surface area contributed by atoms with E-state index < -0.39 is 11.9 Å². The van der Waals surface area contributed by atoms with E-state index in [4.69, 9.17) is 9.47 Å². The van der Waals surface area contributed by atoms with Crippen molar-refractivity contribution in [3.63, 3.8) is 0 Å². The summed E-state index contributed by atoms with van der Waals surface area (Å²) in [7, 11) is 1.57. The molecule has 7 bridgehead atoms. The van der Waals surface area contributed by atoms with Crippen LogP contribution in [0.1, 0.15) is 69.8 Å². The first-order chi connectivity index (χ1) is 18.0. The van der Waals surface area contributed by atoms with Crippen LogP contribution in [0.4, 0.5) is 0 Å². The van der Waals surface area contributed by atoms with Crippen molar-refractivity contribution in [2.24, 2.45) is 0 Å². The highest BCUT2D eigenvalue weighted by molar-refractivity contribution is 5.94. The molecule has 8 rings (SSSR count). The van der Waals surface area contributed by atoms with E-state index in [9.17, 15) is 14.7 Å². The maximum Gasteiger partial charge on any atom is 0.304 e. The number of methoxy groups -OCH3 is 1. The number of pyridine rings is 1. The minimum atomic E-state index is -0.907. The minimum absolute atomic E-state index is 0.0224. The van der Waals surface area contributed by atoms with E-state index in [1.165, 1.54) is 11.1 Å². The molecule has 0 fully saturated rings. The van der Waals surface area contributed by atoms with Crippen LogP contribution < -0.4 is 9.47 Å². The molecule has 7 nitrogen and oxygen atoms in total. The first-order valence-electron chi connectivity index (χ1n) is 12.9. The molecule has 3 aromatic rings. The lowest BCUT2D eigenvalue weighted by atomic mass is 9.86. The Morgan fingerprint density at radius 2 is 1.92 bits per heavy atom. The smallest absolute Gasteiger partial charge is 0.304 e. The maximum absolute atomic E-state index is 13.3. The van der Waals surface area contributed by atoms with Gasteiger partial charge in [0.2, 0.25) is 5.88 Å². The van der Waals surface area contributed by atoms with Gasteiger partial charge >= 0.3 is 5.97 Å². The molecule has 1 atom stereocenters. The molecule has 6 heterocycles. The van der Waals surface area contributed by atoms with Crippen LogP contribution in [-0.4, -0.2) is 47.1 Å². The van der Waals surface area contributed by atoms with Gasteiger partial charge in [-0.25, -0.2) is 4.98 Å². The number of ether oxygens (including phenoxy) is 2. The molecule has 5 aliphatic heterocycles. The molecule has 7 heteroatoms. The molecule has 0 radical (unpaired) electrons. The van der Waals surface area contributed by atoms with Gasteiger partial charge in [0.15, 0.2) is 0 Å². The highest BCUT2D eigenvalue weighted by Gasteiger charge is 2.26. The Bertz CT molecular complexity index is 1290. The van der Waals surface area contributed by atoms with Crippen molar-refractivity contribution in [1.29, 1.82) is 0 Å². The molecule has 192 valence electrons. The second-order valence-corrected chi connectivity index (χ2v) is 9.78. The molecule has 1 aromatic heterocycles. The maximum atomic E-state index is 13.3. The molecule has 37 heavy (non-hydrogen) atoms. The molecule has 0 unspecified atom stereocenters. The van der Waals surface area contributed by atoms with Crippen molar-refractivity contribution >= 4 is 11.9 Å². The number of rotatable bonds is 3. The molecule has 5 aliphatic rings. The zero-order valence-electron chi connectivity index (χ0n) is 21.1. The number of nitrogens with zero attached hydrogens (tertiary/aromatic N) is 2. The zero-order valence-corrected chi connectivity index (χ0v) is 21.1. The number of amides is 1. The van der Waals surface area contributed by atoms with Crippen LogP contribution in [0, 0.1) is 0 Å². The number of carbonyl (C=O) groups is 2. The summed E-state index contributed by atoms with van der Waals surface area (Å²) in [5.41, 5.74) is 5.71. The fourth-order valence-corrected chi connectivity index (χ4v) is 5.28. The number of aromatic nitrogens is 1. The molecule has 1 N–H and O–H groups in total. The van der Waals surface area contributed by atoms with Crippen molar-refractivity contribution in [2.75, 3.05) is 20.3 Å². The number of hydrogen-bond donors (Lipinski definition) is 1. The van der Waals surface area contributed by atoms with Gasteiger partial charge in [-0.15, -0.1) is 0 Å².